The number of hydrogen-bond acceptors (Lipinski definition) is 4. The van der Waals surface area contributed by atoms with Gasteiger partial charge in [0.2, 0.25) is 5.91 Å². The summed E-state index contributed by atoms with van der Waals surface area (Å²) in [5.41, 5.74) is 3.13. The van der Waals surface area contributed by atoms with Crippen molar-refractivity contribution < 1.29 is 4.79 Å². The molecular formula is C21H26N6O. The highest BCUT2D eigenvalue weighted by atomic mass is 16.2. The van der Waals surface area contributed by atoms with Gasteiger partial charge in [-0.3, -0.25) is 14.5 Å². The topological polar surface area (TPSA) is 68.8 Å². The molecule has 1 aliphatic rings. The number of carbonyl (C=O) groups is 1. The molecule has 1 fully saturated rings. The van der Waals surface area contributed by atoms with Gasteiger partial charge in [-0.25, -0.2) is 4.98 Å². The fourth-order valence-corrected chi connectivity index (χ4v) is 3.83. The number of hydrogen-bond donors (Lipinski definition) is 0. The number of aryl methyl sites for hydroxylation is 2. The minimum atomic E-state index is 0.149. The van der Waals surface area contributed by atoms with E-state index in [1.165, 1.54) is 0 Å². The van der Waals surface area contributed by atoms with E-state index in [2.05, 4.69) is 26.6 Å². The summed E-state index contributed by atoms with van der Waals surface area (Å²) >= 11 is 0. The SMILES string of the molecule is Cc1ccn(CC(=O)N2CCC(Cn3c(C)cnc3-c3cccnc3)CC2)n1. The van der Waals surface area contributed by atoms with E-state index in [0.29, 0.717) is 12.5 Å². The van der Waals surface area contributed by atoms with E-state index < -0.39 is 0 Å². The number of likely N-dealkylation sites (tertiary alicyclic amines) is 1. The summed E-state index contributed by atoms with van der Waals surface area (Å²) in [5, 5.41) is 4.31. The van der Waals surface area contributed by atoms with Crippen molar-refractivity contribution in [3.63, 3.8) is 0 Å². The van der Waals surface area contributed by atoms with Crippen LogP contribution in [0.3, 0.4) is 0 Å². The largest absolute Gasteiger partial charge is 0.341 e. The summed E-state index contributed by atoms with van der Waals surface area (Å²) in [4.78, 5) is 23.3. The standard InChI is InChI=1S/C21H26N6O/c1-16-5-11-26(24-16)15-20(28)25-9-6-18(7-10-25)14-27-17(2)12-23-21(27)19-4-3-8-22-13-19/h3-5,8,11-13,18H,6-7,9-10,14-15H2,1-2H3. The number of nitrogens with zero attached hydrogens (tertiary/aromatic N) is 6. The zero-order valence-corrected chi connectivity index (χ0v) is 16.5. The summed E-state index contributed by atoms with van der Waals surface area (Å²) in [5.74, 6) is 1.66. The van der Waals surface area contributed by atoms with E-state index in [9.17, 15) is 4.79 Å². The van der Waals surface area contributed by atoms with Crippen molar-refractivity contribution in [2.45, 2.75) is 39.8 Å². The van der Waals surface area contributed by atoms with E-state index in [4.69, 9.17) is 0 Å². The maximum atomic E-state index is 12.5. The zero-order chi connectivity index (χ0) is 19.5. The maximum Gasteiger partial charge on any atom is 0.244 e. The van der Waals surface area contributed by atoms with Crippen LogP contribution in [0.5, 0.6) is 0 Å². The zero-order valence-electron chi connectivity index (χ0n) is 16.5. The first kappa shape index (κ1) is 18.4. The number of imidazole rings is 1. The molecule has 0 spiro atoms. The fraction of sp³-hybridized carbons (Fsp3) is 0.429. The average Bonchev–Trinajstić information content (AvgIpc) is 3.28. The van der Waals surface area contributed by atoms with Crippen LogP contribution in [0, 0.1) is 19.8 Å². The van der Waals surface area contributed by atoms with Crippen molar-refractivity contribution in [1.82, 2.24) is 29.2 Å². The van der Waals surface area contributed by atoms with Crippen LogP contribution in [0.4, 0.5) is 0 Å². The molecule has 0 aromatic carbocycles. The highest BCUT2D eigenvalue weighted by Crippen LogP contribution is 2.24. The van der Waals surface area contributed by atoms with Crippen LogP contribution < -0.4 is 0 Å². The average molecular weight is 378 g/mol. The van der Waals surface area contributed by atoms with Gasteiger partial charge >= 0.3 is 0 Å². The molecule has 146 valence electrons. The molecule has 4 heterocycles. The second kappa shape index (κ2) is 7.96. The second-order valence-corrected chi connectivity index (χ2v) is 7.55. The van der Waals surface area contributed by atoms with Crippen molar-refractivity contribution >= 4 is 5.91 Å². The quantitative estimate of drug-likeness (QED) is 0.685. The molecule has 7 heteroatoms. The van der Waals surface area contributed by atoms with Crippen LogP contribution in [0.2, 0.25) is 0 Å². The predicted molar refractivity (Wildman–Crippen MR) is 106 cm³/mol. The lowest BCUT2D eigenvalue weighted by Gasteiger charge is -2.32. The first-order valence-corrected chi connectivity index (χ1v) is 9.80. The number of carbonyl (C=O) groups excluding carboxylic acids is 1. The Hall–Kier alpha value is -2.96. The molecule has 0 aliphatic carbocycles. The van der Waals surface area contributed by atoms with Crippen molar-refractivity contribution in [3.8, 4) is 11.4 Å². The highest BCUT2D eigenvalue weighted by Gasteiger charge is 2.24. The Kier molecular flexibility index (Phi) is 5.23. The van der Waals surface area contributed by atoms with Gasteiger partial charge in [-0.15, -0.1) is 0 Å². The molecule has 1 amide bonds. The molecule has 0 unspecified atom stereocenters. The molecule has 3 aromatic heterocycles. The molecule has 1 saturated heterocycles. The third-order valence-corrected chi connectivity index (χ3v) is 5.45. The molecule has 0 saturated carbocycles. The van der Waals surface area contributed by atoms with Gasteiger partial charge in [0, 0.05) is 55.7 Å². The predicted octanol–water partition coefficient (Wildman–Crippen LogP) is 2.70. The summed E-state index contributed by atoms with van der Waals surface area (Å²) in [6, 6.07) is 5.91. The normalized spacial score (nSPS) is 15.1. The third-order valence-electron chi connectivity index (χ3n) is 5.45. The van der Waals surface area contributed by atoms with Gasteiger partial charge in [-0.05, 0) is 50.8 Å². The number of piperidine rings is 1. The van der Waals surface area contributed by atoms with Gasteiger partial charge in [-0.1, -0.05) is 0 Å². The monoisotopic (exact) mass is 378 g/mol. The van der Waals surface area contributed by atoms with Crippen LogP contribution in [0.1, 0.15) is 24.2 Å². The Balaban J connectivity index is 1.36. The summed E-state index contributed by atoms with van der Waals surface area (Å²) in [6.07, 6.45) is 9.44. The smallest absolute Gasteiger partial charge is 0.244 e. The van der Waals surface area contributed by atoms with Gasteiger partial charge < -0.3 is 9.47 Å². The van der Waals surface area contributed by atoms with Crippen LogP contribution in [0.15, 0.2) is 43.0 Å². The Morgan fingerprint density at radius 1 is 1.18 bits per heavy atom. The van der Waals surface area contributed by atoms with Crippen LogP contribution >= 0.6 is 0 Å². The minimum absolute atomic E-state index is 0.149. The van der Waals surface area contributed by atoms with Gasteiger partial charge in [0.1, 0.15) is 12.4 Å². The Bertz CT molecular complexity index is 937. The molecule has 28 heavy (non-hydrogen) atoms. The molecule has 4 rings (SSSR count). The second-order valence-electron chi connectivity index (χ2n) is 7.55. The van der Waals surface area contributed by atoms with Crippen molar-refractivity contribution in [3.05, 3.63) is 54.4 Å². The molecule has 0 atom stereocenters. The molecular weight excluding hydrogens is 352 g/mol. The molecule has 0 N–H and O–H groups in total. The lowest BCUT2D eigenvalue weighted by atomic mass is 9.96. The lowest BCUT2D eigenvalue weighted by Crippen LogP contribution is -2.41. The number of pyridine rings is 1. The number of aromatic nitrogens is 5. The van der Waals surface area contributed by atoms with E-state index in [1.54, 1.807) is 10.9 Å². The lowest BCUT2D eigenvalue weighted by molar-refractivity contribution is -0.133. The van der Waals surface area contributed by atoms with Crippen LogP contribution in [-0.4, -0.2) is 48.2 Å². The number of rotatable bonds is 5. The summed E-state index contributed by atoms with van der Waals surface area (Å²) in [6.45, 7) is 6.89. The Labute approximate surface area is 165 Å². The van der Waals surface area contributed by atoms with Crippen molar-refractivity contribution in [2.75, 3.05) is 13.1 Å². The molecule has 7 nitrogen and oxygen atoms in total. The first-order valence-electron chi connectivity index (χ1n) is 9.80. The Morgan fingerprint density at radius 3 is 2.68 bits per heavy atom. The summed E-state index contributed by atoms with van der Waals surface area (Å²) < 4.78 is 4.00. The van der Waals surface area contributed by atoms with E-state index >= 15 is 0 Å². The fourth-order valence-electron chi connectivity index (χ4n) is 3.83. The van der Waals surface area contributed by atoms with E-state index in [1.807, 2.05) is 48.6 Å². The third kappa shape index (κ3) is 3.98. The van der Waals surface area contributed by atoms with Crippen LogP contribution in [0.25, 0.3) is 11.4 Å². The van der Waals surface area contributed by atoms with Crippen LogP contribution in [-0.2, 0) is 17.9 Å². The molecule has 0 bridgehead atoms. The van der Waals surface area contributed by atoms with Gasteiger partial charge in [0.25, 0.3) is 0 Å². The highest BCUT2D eigenvalue weighted by molar-refractivity contribution is 5.76. The van der Waals surface area contributed by atoms with E-state index in [-0.39, 0.29) is 5.91 Å². The van der Waals surface area contributed by atoms with Crippen molar-refractivity contribution in [2.24, 2.45) is 5.92 Å². The molecule has 3 aromatic rings. The molecule has 1 aliphatic heterocycles. The summed E-state index contributed by atoms with van der Waals surface area (Å²) in [7, 11) is 0. The van der Waals surface area contributed by atoms with E-state index in [0.717, 1.165) is 55.3 Å². The molecule has 0 radical (unpaired) electrons. The van der Waals surface area contributed by atoms with Gasteiger partial charge in [0.15, 0.2) is 0 Å². The van der Waals surface area contributed by atoms with Gasteiger partial charge in [-0.2, -0.15) is 5.10 Å². The Morgan fingerprint density at radius 2 is 2.00 bits per heavy atom. The van der Waals surface area contributed by atoms with Gasteiger partial charge in [0.05, 0.1) is 5.69 Å². The first-order chi connectivity index (χ1) is 13.6. The minimum Gasteiger partial charge on any atom is -0.341 e. The van der Waals surface area contributed by atoms with Crippen molar-refractivity contribution in [1.29, 1.82) is 0 Å². The number of amides is 1. The maximum absolute atomic E-state index is 12.5.